The number of nitrogens with one attached hydrogen (secondary N) is 2. The molecule has 0 spiro atoms. The molecule has 4 atom stereocenters. The monoisotopic (exact) mass is 389 g/mol. The first-order chi connectivity index (χ1) is 14.1. The number of carbonyl (C=O) groups excluding carboxylic acids is 1. The number of likely N-dealkylation sites (N-methyl/N-ethyl adjacent to an activating group) is 1. The van der Waals surface area contributed by atoms with Gasteiger partial charge in [-0.25, -0.2) is 0 Å². The number of rotatable bonds is 3. The zero-order chi connectivity index (χ0) is 20.4. The lowest BCUT2D eigenvalue weighted by Gasteiger charge is -2.41. The molecule has 0 saturated heterocycles. The van der Waals surface area contributed by atoms with Gasteiger partial charge in [0.25, 0.3) is 0 Å². The van der Waals surface area contributed by atoms with Crippen LogP contribution in [0.2, 0.25) is 0 Å². The molecular formula is C25H31N3O. The Kier molecular flexibility index (Phi) is 5.84. The Morgan fingerprint density at radius 2 is 1.97 bits per heavy atom. The average Bonchev–Trinajstić information content (AvgIpc) is 3.19. The maximum Gasteiger partial charge on any atom is 0.128 e. The number of nitrogens with zero attached hydrogens (tertiary/aromatic N) is 1. The predicted octanol–water partition coefficient (Wildman–Crippen LogP) is 4.08. The highest BCUT2D eigenvalue weighted by atomic mass is 16.1. The smallest absolute Gasteiger partial charge is 0.128 e. The molecule has 2 heterocycles. The molecule has 5 rings (SSSR count). The van der Waals surface area contributed by atoms with E-state index in [1.54, 1.807) is 0 Å². The molecule has 4 heteroatoms. The van der Waals surface area contributed by atoms with Crippen molar-refractivity contribution in [2.45, 2.75) is 31.3 Å². The summed E-state index contributed by atoms with van der Waals surface area (Å²) in [6.07, 6.45) is 4.44. The average molecular weight is 390 g/mol. The number of anilines is 1. The third-order valence-electron chi connectivity index (χ3n) is 6.56. The largest absolute Gasteiger partial charge is 0.384 e. The molecule has 1 aliphatic carbocycles. The van der Waals surface area contributed by atoms with Crippen molar-refractivity contribution in [3.63, 3.8) is 0 Å². The minimum absolute atomic E-state index is 0.0398. The van der Waals surface area contributed by atoms with E-state index in [1.807, 2.05) is 13.1 Å². The molecule has 0 aromatic heterocycles. The molecule has 4 nitrogen and oxygen atoms in total. The standard InChI is InChI=1S/C16H18N2O.C9H13N/c1-18-8-10(9-19)5-13-12-3-2-4-14-16(12)11(7-17-14)6-15(13)18;1-8(10-2)9-6-4-3-5-7-9/h2-5,9-11,15,17H,6-8H2,1H3;3-8,10H,1-2H3. The molecule has 0 bridgehead atoms. The van der Waals surface area contributed by atoms with Crippen LogP contribution in [0, 0.1) is 5.92 Å². The molecule has 152 valence electrons. The molecule has 2 aliphatic heterocycles. The number of benzene rings is 2. The summed E-state index contributed by atoms with van der Waals surface area (Å²) in [6.45, 7) is 4.06. The highest BCUT2D eigenvalue weighted by Crippen LogP contribution is 2.48. The first kappa shape index (κ1) is 19.9. The zero-order valence-electron chi connectivity index (χ0n) is 17.6. The van der Waals surface area contributed by atoms with Crippen LogP contribution in [0.1, 0.15) is 42.0 Å². The Morgan fingerprint density at radius 1 is 1.17 bits per heavy atom. The molecular weight excluding hydrogens is 358 g/mol. The third-order valence-corrected chi connectivity index (χ3v) is 6.56. The molecule has 0 amide bonds. The summed E-state index contributed by atoms with van der Waals surface area (Å²) in [5.74, 6) is 0.668. The van der Waals surface area contributed by atoms with Gasteiger partial charge in [-0.1, -0.05) is 48.5 Å². The lowest BCUT2D eigenvalue weighted by Crippen LogP contribution is -2.43. The van der Waals surface area contributed by atoms with Crippen molar-refractivity contribution < 1.29 is 4.79 Å². The highest BCUT2D eigenvalue weighted by molar-refractivity contribution is 5.82. The Hall–Kier alpha value is -2.43. The van der Waals surface area contributed by atoms with Gasteiger partial charge in [0.15, 0.2) is 0 Å². The first-order valence-electron chi connectivity index (χ1n) is 10.6. The van der Waals surface area contributed by atoms with Gasteiger partial charge >= 0.3 is 0 Å². The molecule has 2 N–H and O–H groups in total. The fourth-order valence-corrected chi connectivity index (χ4v) is 4.88. The van der Waals surface area contributed by atoms with Gasteiger partial charge in [0.1, 0.15) is 6.29 Å². The second kappa shape index (κ2) is 8.52. The van der Waals surface area contributed by atoms with E-state index in [2.05, 4.69) is 78.0 Å². The maximum absolute atomic E-state index is 11.2. The van der Waals surface area contributed by atoms with Crippen molar-refractivity contribution in [3.8, 4) is 0 Å². The first-order valence-corrected chi connectivity index (χ1v) is 10.6. The highest BCUT2D eigenvalue weighted by Gasteiger charge is 2.39. The van der Waals surface area contributed by atoms with Crippen LogP contribution in [0.4, 0.5) is 5.69 Å². The van der Waals surface area contributed by atoms with E-state index in [4.69, 9.17) is 0 Å². The summed E-state index contributed by atoms with van der Waals surface area (Å²) in [7, 11) is 4.11. The summed E-state index contributed by atoms with van der Waals surface area (Å²) in [5.41, 5.74) is 6.83. The molecule has 3 aliphatic rings. The van der Waals surface area contributed by atoms with Gasteiger partial charge in [-0.05, 0) is 55.8 Å². The zero-order valence-corrected chi connectivity index (χ0v) is 17.6. The predicted molar refractivity (Wildman–Crippen MR) is 120 cm³/mol. The summed E-state index contributed by atoms with van der Waals surface area (Å²) >= 11 is 0. The van der Waals surface area contributed by atoms with Crippen molar-refractivity contribution >= 4 is 17.5 Å². The van der Waals surface area contributed by atoms with Gasteiger partial charge < -0.3 is 15.4 Å². The van der Waals surface area contributed by atoms with Crippen LogP contribution >= 0.6 is 0 Å². The number of carbonyl (C=O) groups is 1. The van der Waals surface area contributed by atoms with E-state index in [1.165, 1.54) is 34.4 Å². The summed E-state index contributed by atoms with van der Waals surface area (Å²) in [5, 5.41) is 6.70. The summed E-state index contributed by atoms with van der Waals surface area (Å²) < 4.78 is 0. The molecule has 4 unspecified atom stereocenters. The third kappa shape index (κ3) is 3.87. The molecule has 0 fully saturated rings. The van der Waals surface area contributed by atoms with Crippen molar-refractivity contribution in [2.24, 2.45) is 5.92 Å². The number of hydrogen-bond acceptors (Lipinski definition) is 4. The van der Waals surface area contributed by atoms with Gasteiger partial charge in [0, 0.05) is 42.7 Å². The van der Waals surface area contributed by atoms with Crippen LogP contribution in [-0.4, -0.2) is 44.4 Å². The van der Waals surface area contributed by atoms with Crippen molar-refractivity contribution in [3.05, 3.63) is 71.3 Å². The van der Waals surface area contributed by atoms with Crippen LogP contribution in [0.15, 0.2) is 54.6 Å². The van der Waals surface area contributed by atoms with E-state index in [-0.39, 0.29) is 5.92 Å². The van der Waals surface area contributed by atoms with Crippen molar-refractivity contribution in [1.82, 2.24) is 10.2 Å². The number of fused-ring (bicyclic) bond motifs is 2. The van der Waals surface area contributed by atoms with Gasteiger partial charge in [-0.2, -0.15) is 0 Å². The van der Waals surface area contributed by atoms with E-state index < -0.39 is 0 Å². The van der Waals surface area contributed by atoms with E-state index in [0.717, 1.165) is 19.4 Å². The maximum atomic E-state index is 11.2. The minimum atomic E-state index is 0.0398. The Bertz CT molecular complexity index is 892. The summed E-state index contributed by atoms with van der Waals surface area (Å²) in [4.78, 5) is 13.5. The van der Waals surface area contributed by atoms with Gasteiger partial charge in [-0.3, -0.25) is 4.90 Å². The lowest BCUT2D eigenvalue weighted by molar-refractivity contribution is -0.110. The Morgan fingerprint density at radius 3 is 2.69 bits per heavy atom. The van der Waals surface area contributed by atoms with Crippen LogP contribution in [0.5, 0.6) is 0 Å². The van der Waals surface area contributed by atoms with Crippen LogP contribution in [0.3, 0.4) is 0 Å². The topological polar surface area (TPSA) is 44.4 Å². The normalized spacial score (nSPS) is 25.5. The van der Waals surface area contributed by atoms with Crippen molar-refractivity contribution in [2.75, 3.05) is 32.5 Å². The molecule has 29 heavy (non-hydrogen) atoms. The van der Waals surface area contributed by atoms with E-state index in [0.29, 0.717) is 18.0 Å². The fourth-order valence-electron chi connectivity index (χ4n) is 4.88. The quantitative estimate of drug-likeness (QED) is 0.777. The molecule has 2 aromatic rings. The second-order valence-electron chi connectivity index (χ2n) is 8.38. The van der Waals surface area contributed by atoms with Crippen molar-refractivity contribution in [1.29, 1.82) is 0 Å². The summed E-state index contributed by atoms with van der Waals surface area (Å²) in [6, 6.07) is 17.9. The van der Waals surface area contributed by atoms with Crippen LogP contribution in [0.25, 0.3) is 5.57 Å². The minimum Gasteiger partial charge on any atom is -0.384 e. The molecule has 0 radical (unpaired) electrons. The SMILES string of the molecule is CN1CC(C=O)C=C2c3cccc4c3C(CN4)CC21.CNC(C)c1ccccc1. The van der Waals surface area contributed by atoms with E-state index >= 15 is 0 Å². The Labute approximate surface area is 174 Å². The Balaban J connectivity index is 0.000000174. The fraction of sp³-hybridized carbons (Fsp3) is 0.400. The van der Waals surface area contributed by atoms with E-state index in [9.17, 15) is 4.79 Å². The van der Waals surface area contributed by atoms with Gasteiger partial charge in [0.05, 0.1) is 0 Å². The number of aldehydes is 1. The second-order valence-corrected chi connectivity index (χ2v) is 8.38. The lowest BCUT2D eigenvalue weighted by atomic mass is 9.75. The van der Waals surface area contributed by atoms with Crippen LogP contribution < -0.4 is 10.6 Å². The van der Waals surface area contributed by atoms with Gasteiger partial charge in [0.2, 0.25) is 0 Å². The van der Waals surface area contributed by atoms with Gasteiger partial charge in [-0.15, -0.1) is 0 Å². The molecule has 0 saturated carbocycles. The number of hydrogen-bond donors (Lipinski definition) is 2. The van der Waals surface area contributed by atoms with Crippen LogP contribution in [-0.2, 0) is 4.79 Å². The molecule has 2 aromatic carbocycles.